The molecule has 6 heteroatoms. The summed E-state index contributed by atoms with van der Waals surface area (Å²) < 4.78 is 12.0. The Kier molecular flexibility index (Phi) is 4.61. The summed E-state index contributed by atoms with van der Waals surface area (Å²) in [5, 5.41) is 8.16. The zero-order chi connectivity index (χ0) is 20.0. The summed E-state index contributed by atoms with van der Waals surface area (Å²) in [5.41, 5.74) is 3.85. The fourth-order valence-corrected chi connectivity index (χ4v) is 4.51. The molecule has 4 nitrogen and oxygen atoms in total. The monoisotopic (exact) mass is 424 g/mol. The third-order valence-corrected chi connectivity index (χ3v) is 5.89. The molecule has 2 aliphatic heterocycles. The second kappa shape index (κ2) is 7.29. The maximum atomic E-state index is 6.47. The number of hydrogen-bond acceptors (Lipinski definition) is 4. The smallest absolute Gasteiger partial charge is 0.217 e. The number of halogens is 2. The first kappa shape index (κ1) is 18.3. The van der Waals surface area contributed by atoms with E-state index in [1.165, 1.54) is 0 Å². The van der Waals surface area contributed by atoms with Crippen LogP contribution in [0.25, 0.3) is 0 Å². The van der Waals surface area contributed by atoms with Crippen LogP contribution in [0.2, 0.25) is 10.0 Å². The minimum atomic E-state index is -0.394. The first-order valence-electron chi connectivity index (χ1n) is 9.35. The number of nitrogens with zero attached hydrogens (tertiary/aromatic N) is 2. The number of ether oxygens (including phenoxy) is 2. The molecule has 3 aromatic rings. The van der Waals surface area contributed by atoms with E-state index >= 15 is 0 Å². The Hall–Kier alpha value is -2.69. The van der Waals surface area contributed by atoms with E-state index in [0.717, 1.165) is 40.3 Å². The van der Waals surface area contributed by atoms with Crippen LogP contribution in [0.3, 0.4) is 0 Å². The highest BCUT2D eigenvalue weighted by molar-refractivity contribution is 6.37. The van der Waals surface area contributed by atoms with Gasteiger partial charge in [-0.2, -0.15) is 5.10 Å². The van der Waals surface area contributed by atoms with Gasteiger partial charge in [0.15, 0.2) is 0 Å². The lowest BCUT2D eigenvalue weighted by Gasteiger charge is -2.38. The maximum absolute atomic E-state index is 6.47. The van der Waals surface area contributed by atoms with Gasteiger partial charge < -0.3 is 9.47 Å². The van der Waals surface area contributed by atoms with Crippen molar-refractivity contribution in [1.29, 1.82) is 0 Å². The van der Waals surface area contributed by atoms with E-state index in [4.69, 9.17) is 37.8 Å². The van der Waals surface area contributed by atoms with Crippen molar-refractivity contribution in [2.75, 3.05) is 7.11 Å². The van der Waals surface area contributed by atoms with Gasteiger partial charge in [0.25, 0.3) is 0 Å². The van der Waals surface area contributed by atoms with Crippen molar-refractivity contribution in [1.82, 2.24) is 5.01 Å². The number of fused-ring (bicyclic) bond motifs is 3. The highest BCUT2D eigenvalue weighted by Crippen LogP contribution is 2.49. The van der Waals surface area contributed by atoms with Gasteiger partial charge in [-0.05, 0) is 30.3 Å². The van der Waals surface area contributed by atoms with Gasteiger partial charge in [-0.3, -0.25) is 0 Å². The molecule has 146 valence electrons. The predicted molar refractivity (Wildman–Crippen MR) is 115 cm³/mol. The van der Waals surface area contributed by atoms with E-state index in [9.17, 15) is 0 Å². The molecule has 0 aromatic heterocycles. The molecule has 2 heterocycles. The van der Waals surface area contributed by atoms with Crippen LogP contribution in [0, 0.1) is 0 Å². The van der Waals surface area contributed by atoms with Crippen LogP contribution in [0.1, 0.15) is 35.4 Å². The molecular formula is C23H18Cl2N2O2. The number of methoxy groups -OCH3 is 1. The van der Waals surface area contributed by atoms with Gasteiger partial charge in [0.2, 0.25) is 6.23 Å². The van der Waals surface area contributed by atoms with Gasteiger partial charge in [0.05, 0.1) is 29.4 Å². The van der Waals surface area contributed by atoms with E-state index in [1.807, 2.05) is 59.6 Å². The van der Waals surface area contributed by atoms with Crippen LogP contribution in [-0.4, -0.2) is 17.8 Å². The Morgan fingerprint density at radius 1 is 1.00 bits per heavy atom. The van der Waals surface area contributed by atoms with Gasteiger partial charge in [0.1, 0.15) is 11.5 Å². The van der Waals surface area contributed by atoms with Crippen molar-refractivity contribution in [3.63, 3.8) is 0 Å². The number of rotatable bonds is 3. The first-order chi connectivity index (χ1) is 14.2. The second-order valence-corrected chi connectivity index (χ2v) is 7.86. The Bertz CT molecular complexity index is 1120. The molecule has 0 bridgehead atoms. The van der Waals surface area contributed by atoms with E-state index in [-0.39, 0.29) is 6.04 Å². The summed E-state index contributed by atoms with van der Waals surface area (Å²) >= 11 is 12.6. The van der Waals surface area contributed by atoms with Crippen molar-refractivity contribution in [2.24, 2.45) is 5.10 Å². The van der Waals surface area contributed by atoms with E-state index < -0.39 is 6.23 Å². The third kappa shape index (κ3) is 3.13. The van der Waals surface area contributed by atoms with Crippen molar-refractivity contribution < 1.29 is 9.47 Å². The summed E-state index contributed by atoms with van der Waals surface area (Å²) in [6.07, 6.45) is 0.336. The maximum Gasteiger partial charge on any atom is 0.217 e. The largest absolute Gasteiger partial charge is 0.496 e. The number of benzene rings is 3. The molecular weight excluding hydrogens is 407 g/mol. The fraction of sp³-hybridized carbons (Fsp3) is 0.174. The Morgan fingerprint density at radius 3 is 2.55 bits per heavy atom. The average Bonchev–Trinajstić information content (AvgIpc) is 3.18. The first-order valence-corrected chi connectivity index (χ1v) is 10.1. The zero-order valence-electron chi connectivity index (χ0n) is 15.7. The molecule has 2 atom stereocenters. The number of hydrazone groups is 1. The summed E-state index contributed by atoms with van der Waals surface area (Å²) in [6.45, 7) is 0. The number of hydrogen-bond donors (Lipinski definition) is 0. The normalized spacial score (nSPS) is 19.8. The molecule has 0 fully saturated rings. The second-order valence-electron chi connectivity index (χ2n) is 7.02. The minimum Gasteiger partial charge on any atom is -0.496 e. The molecule has 0 saturated heterocycles. The molecule has 3 aromatic carbocycles. The summed E-state index contributed by atoms with van der Waals surface area (Å²) in [7, 11) is 1.67. The lowest BCUT2D eigenvalue weighted by Crippen LogP contribution is -2.33. The molecule has 29 heavy (non-hydrogen) atoms. The van der Waals surface area contributed by atoms with E-state index in [2.05, 4.69) is 6.07 Å². The lowest BCUT2D eigenvalue weighted by molar-refractivity contribution is -0.0203. The third-order valence-electron chi connectivity index (χ3n) is 5.35. The van der Waals surface area contributed by atoms with Crippen LogP contribution in [0.5, 0.6) is 11.5 Å². The SMILES string of the molecule is COc1ccccc1[C@@H]1Oc2ccccc2[C@H]2CC(c3ccc(Cl)cc3Cl)=NN21. The van der Waals surface area contributed by atoms with E-state index in [1.54, 1.807) is 13.2 Å². The lowest BCUT2D eigenvalue weighted by atomic mass is 9.96. The molecule has 0 aliphatic carbocycles. The van der Waals surface area contributed by atoms with Gasteiger partial charge in [-0.25, -0.2) is 5.01 Å². The van der Waals surface area contributed by atoms with Crippen molar-refractivity contribution in [2.45, 2.75) is 18.7 Å². The van der Waals surface area contributed by atoms with Gasteiger partial charge in [-0.1, -0.05) is 59.6 Å². The van der Waals surface area contributed by atoms with Crippen molar-refractivity contribution in [3.8, 4) is 11.5 Å². The molecule has 2 aliphatic rings. The molecule has 5 rings (SSSR count). The number of para-hydroxylation sites is 2. The summed E-state index contributed by atoms with van der Waals surface area (Å²) in [6, 6.07) is 21.5. The molecule has 0 N–H and O–H groups in total. The quantitative estimate of drug-likeness (QED) is 0.498. The molecule has 0 amide bonds. The van der Waals surface area contributed by atoms with E-state index in [0.29, 0.717) is 10.0 Å². The zero-order valence-corrected chi connectivity index (χ0v) is 17.2. The standard InChI is InChI=1S/C23H18Cl2N2O2/c1-28-21-8-4-3-7-17(21)23-27-20(16-6-2-5-9-22(16)29-23)13-19(26-27)15-11-10-14(24)12-18(15)25/h2-12,20,23H,13H2,1H3/t20-,23+/m1/s1. The Morgan fingerprint density at radius 2 is 1.76 bits per heavy atom. The fourth-order valence-electron chi connectivity index (χ4n) is 4.00. The Balaban J connectivity index is 1.63. The van der Waals surface area contributed by atoms with Crippen LogP contribution < -0.4 is 9.47 Å². The molecule has 0 unspecified atom stereocenters. The van der Waals surface area contributed by atoms with Gasteiger partial charge in [0, 0.05) is 22.6 Å². The Labute approximate surface area is 179 Å². The molecule has 0 radical (unpaired) electrons. The predicted octanol–water partition coefficient (Wildman–Crippen LogP) is 6.24. The molecule has 0 spiro atoms. The molecule has 0 saturated carbocycles. The minimum absolute atomic E-state index is 0.0524. The highest BCUT2D eigenvalue weighted by atomic mass is 35.5. The van der Waals surface area contributed by atoms with Crippen LogP contribution in [0.4, 0.5) is 0 Å². The van der Waals surface area contributed by atoms with Crippen molar-refractivity contribution >= 4 is 28.9 Å². The van der Waals surface area contributed by atoms with Gasteiger partial charge >= 0.3 is 0 Å². The van der Waals surface area contributed by atoms with Crippen LogP contribution >= 0.6 is 23.2 Å². The van der Waals surface area contributed by atoms with Crippen LogP contribution in [0.15, 0.2) is 71.8 Å². The van der Waals surface area contributed by atoms with Crippen molar-refractivity contribution in [3.05, 3.63) is 93.5 Å². The highest BCUT2D eigenvalue weighted by Gasteiger charge is 2.42. The summed E-state index contributed by atoms with van der Waals surface area (Å²) in [5.74, 6) is 1.63. The van der Waals surface area contributed by atoms with Crippen LogP contribution in [-0.2, 0) is 0 Å². The average molecular weight is 425 g/mol. The topological polar surface area (TPSA) is 34.1 Å². The van der Waals surface area contributed by atoms with Gasteiger partial charge in [-0.15, -0.1) is 0 Å². The summed E-state index contributed by atoms with van der Waals surface area (Å²) in [4.78, 5) is 0.